The van der Waals surface area contributed by atoms with Gasteiger partial charge in [-0.25, -0.2) is 0 Å². The van der Waals surface area contributed by atoms with Gasteiger partial charge in [-0.15, -0.1) is 0 Å². The van der Waals surface area contributed by atoms with E-state index < -0.39 is 0 Å². The third-order valence-corrected chi connectivity index (χ3v) is 2.81. The normalized spacial score (nSPS) is 27.4. The van der Waals surface area contributed by atoms with Crippen LogP contribution in [0.1, 0.15) is 13.8 Å². The van der Waals surface area contributed by atoms with E-state index in [1.165, 1.54) is 5.70 Å². The Morgan fingerprint density at radius 1 is 1.64 bits per heavy atom. The van der Waals surface area contributed by atoms with Crippen molar-refractivity contribution in [2.45, 2.75) is 19.3 Å². The predicted octanol–water partition coefficient (Wildman–Crippen LogP) is 1.89. The van der Waals surface area contributed by atoms with Crippen LogP contribution in [0.5, 0.6) is 0 Å². The Kier molecular flexibility index (Phi) is 1.60. The fraction of sp³-hybridized carbons (Fsp3) is 0.500. The van der Waals surface area contributed by atoms with Gasteiger partial charge in [-0.05, 0) is 11.3 Å². The molecule has 0 fully saturated rings. The minimum absolute atomic E-state index is 0.437. The zero-order valence-corrected chi connectivity index (χ0v) is 7.56. The Labute approximate surface area is 71.3 Å². The van der Waals surface area contributed by atoms with E-state index in [-0.39, 0.29) is 0 Å². The van der Waals surface area contributed by atoms with Crippen LogP contribution in [-0.2, 0) is 0 Å². The van der Waals surface area contributed by atoms with Crippen molar-refractivity contribution in [3.8, 4) is 0 Å². The summed E-state index contributed by atoms with van der Waals surface area (Å²) in [6.07, 6.45) is 4.30. The number of thioether (sulfide) groups is 1. The molecule has 1 unspecified atom stereocenters. The summed E-state index contributed by atoms with van der Waals surface area (Å²) in [6.45, 7) is 4.41. The topological polar surface area (TPSA) is 15.3 Å². The lowest BCUT2D eigenvalue weighted by atomic mass is 10.1. The first-order valence-electron chi connectivity index (χ1n) is 3.85. The molecular formula is C8H12N2S. The number of nitrogens with one attached hydrogen (secondary N) is 1. The average molecular weight is 168 g/mol. The lowest BCUT2D eigenvalue weighted by Crippen LogP contribution is -2.27. The summed E-state index contributed by atoms with van der Waals surface area (Å²) in [5.74, 6) is 0.606. The molecule has 2 nitrogen and oxygen atoms in total. The smallest absolute Gasteiger partial charge is 0.155 e. The van der Waals surface area contributed by atoms with Crippen LogP contribution in [0.15, 0.2) is 23.5 Å². The fourth-order valence-electron chi connectivity index (χ4n) is 1.20. The number of fused-ring (bicyclic) bond motifs is 1. The second-order valence-electron chi connectivity index (χ2n) is 3.10. The van der Waals surface area contributed by atoms with Gasteiger partial charge in [0.05, 0.1) is 0 Å². The van der Waals surface area contributed by atoms with Crippen molar-refractivity contribution >= 4 is 11.8 Å². The molecular weight excluding hydrogens is 156 g/mol. The summed E-state index contributed by atoms with van der Waals surface area (Å²) in [4.78, 5) is 2.21. The number of rotatable bonds is 1. The van der Waals surface area contributed by atoms with Crippen molar-refractivity contribution in [1.29, 1.82) is 0 Å². The van der Waals surface area contributed by atoms with Crippen molar-refractivity contribution in [3.05, 3.63) is 23.5 Å². The van der Waals surface area contributed by atoms with E-state index in [1.54, 1.807) is 0 Å². The zero-order chi connectivity index (χ0) is 7.84. The molecule has 60 valence electrons. The van der Waals surface area contributed by atoms with Gasteiger partial charge < -0.3 is 10.2 Å². The third-order valence-electron chi connectivity index (χ3n) is 1.91. The highest BCUT2D eigenvalue weighted by molar-refractivity contribution is 8.02. The molecule has 1 N–H and O–H groups in total. The predicted molar refractivity (Wildman–Crippen MR) is 48.4 cm³/mol. The van der Waals surface area contributed by atoms with Crippen LogP contribution in [0.4, 0.5) is 0 Å². The van der Waals surface area contributed by atoms with Gasteiger partial charge in [-0.2, -0.15) is 0 Å². The first kappa shape index (κ1) is 7.10. The van der Waals surface area contributed by atoms with Crippen LogP contribution < -0.4 is 5.32 Å². The van der Waals surface area contributed by atoms with Gasteiger partial charge in [0.25, 0.3) is 0 Å². The van der Waals surface area contributed by atoms with Crippen LogP contribution >= 0.6 is 11.8 Å². The molecule has 2 rings (SSSR count). The van der Waals surface area contributed by atoms with Crippen molar-refractivity contribution < 1.29 is 0 Å². The first-order chi connectivity index (χ1) is 5.27. The zero-order valence-electron chi connectivity index (χ0n) is 6.74. The highest BCUT2D eigenvalue weighted by atomic mass is 32.2. The summed E-state index contributed by atoms with van der Waals surface area (Å²) in [7, 11) is 0. The summed E-state index contributed by atoms with van der Waals surface area (Å²) in [6, 6.07) is 0. The number of hydrogen-bond donors (Lipinski definition) is 1. The molecule has 1 atom stereocenters. The molecule has 3 heteroatoms. The van der Waals surface area contributed by atoms with Crippen LogP contribution in [0, 0.1) is 5.92 Å². The summed E-state index contributed by atoms with van der Waals surface area (Å²) < 4.78 is 0. The number of allylic oxidation sites excluding steroid dienone is 1. The third kappa shape index (κ3) is 1.13. The number of hydrogen-bond acceptors (Lipinski definition) is 3. The van der Waals surface area contributed by atoms with Crippen LogP contribution in [0.25, 0.3) is 0 Å². The molecule has 0 spiro atoms. The van der Waals surface area contributed by atoms with Gasteiger partial charge in [0, 0.05) is 18.1 Å². The van der Waals surface area contributed by atoms with Crippen molar-refractivity contribution in [3.63, 3.8) is 0 Å². The number of nitrogens with zero attached hydrogens (tertiary/aromatic N) is 1. The molecule has 0 aromatic carbocycles. The van der Waals surface area contributed by atoms with E-state index in [9.17, 15) is 0 Å². The summed E-state index contributed by atoms with van der Waals surface area (Å²) in [5, 5.41) is 5.56. The Balaban J connectivity index is 2.12. The van der Waals surface area contributed by atoms with E-state index in [4.69, 9.17) is 0 Å². The van der Waals surface area contributed by atoms with Gasteiger partial charge in [0.1, 0.15) is 0 Å². The van der Waals surface area contributed by atoms with Crippen molar-refractivity contribution in [2.24, 2.45) is 5.92 Å². The second-order valence-corrected chi connectivity index (χ2v) is 4.10. The fourth-order valence-corrected chi connectivity index (χ4v) is 2.04. The van der Waals surface area contributed by atoms with Crippen LogP contribution in [0.2, 0.25) is 0 Å². The van der Waals surface area contributed by atoms with Crippen LogP contribution in [0.3, 0.4) is 0 Å². The Hall–Kier alpha value is -0.570. The lowest BCUT2D eigenvalue weighted by molar-refractivity contribution is 0.486. The second kappa shape index (κ2) is 2.48. The Morgan fingerprint density at radius 2 is 2.45 bits per heavy atom. The maximum absolute atomic E-state index is 3.44. The van der Waals surface area contributed by atoms with Gasteiger partial charge in [0.2, 0.25) is 0 Å². The molecule has 0 radical (unpaired) electrons. The average Bonchev–Trinajstić information content (AvgIpc) is 2.40. The molecule has 2 heterocycles. The van der Waals surface area contributed by atoms with E-state index >= 15 is 0 Å². The van der Waals surface area contributed by atoms with E-state index in [2.05, 4.69) is 41.9 Å². The minimum atomic E-state index is 0.437. The molecule has 0 aromatic rings. The van der Waals surface area contributed by atoms with Crippen LogP contribution in [-0.4, -0.2) is 10.4 Å². The molecule has 0 amide bonds. The van der Waals surface area contributed by atoms with Gasteiger partial charge in [0.15, 0.2) is 5.50 Å². The highest BCUT2D eigenvalue weighted by Gasteiger charge is 2.25. The molecule has 0 saturated heterocycles. The van der Waals surface area contributed by atoms with Gasteiger partial charge in [-0.1, -0.05) is 25.6 Å². The lowest BCUT2D eigenvalue weighted by Gasteiger charge is -2.14. The standard InChI is InChI=1S/C8H12N2S/c1-6(2)7-5-10-3-4-11-8(10)9-7/h3-6,8-9H,1-2H3. The minimum Gasteiger partial charge on any atom is -0.358 e. The van der Waals surface area contributed by atoms with E-state index in [0.29, 0.717) is 11.4 Å². The maximum atomic E-state index is 3.44. The molecule has 0 aliphatic carbocycles. The van der Waals surface area contributed by atoms with Gasteiger partial charge in [-0.3, -0.25) is 0 Å². The van der Waals surface area contributed by atoms with E-state index in [0.717, 1.165) is 0 Å². The van der Waals surface area contributed by atoms with Crippen molar-refractivity contribution in [1.82, 2.24) is 10.2 Å². The van der Waals surface area contributed by atoms with E-state index in [1.807, 2.05) is 11.8 Å². The molecule has 11 heavy (non-hydrogen) atoms. The van der Waals surface area contributed by atoms with Gasteiger partial charge >= 0.3 is 0 Å². The monoisotopic (exact) mass is 168 g/mol. The molecule has 2 aliphatic heterocycles. The van der Waals surface area contributed by atoms with Crippen molar-refractivity contribution in [2.75, 3.05) is 0 Å². The molecule has 0 bridgehead atoms. The summed E-state index contributed by atoms with van der Waals surface area (Å²) >= 11 is 1.82. The Morgan fingerprint density at radius 3 is 3.09 bits per heavy atom. The molecule has 0 aromatic heterocycles. The quantitative estimate of drug-likeness (QED) is 0.643. The maximum Gasteiger partial charge on any atom is 0.155 e. The Bertz CT molecular complexity index is 220. The summed E-state index contributed by atoms with van der Waals surface area (Å²) in [5.41, 5.74) is 1.78. The SMILES string of the molecule is CC(C)C1=CN2C=CSC2N1. The highest BCUT2D eigenvalue weighted by Crippen LogP contribution is 2.30. The largest absolute Gasteiger partial charge is 0.358 e. The molecule has 0 saturated carbocycles. The molecule has 2 aliphatic rings. The first-order valence-corrected chi connectivity index (χ1v) is 4.79.